The second-order valence-electron chi connectivity index (χ2n) is 9.01. The summed E-state index contributed by atoms with van der Waals surface area (Å²) in [5, 5.41) is 0. The quantitative estimate of drug-likeness (QED) is 0.130. The molecule has 6 heteroatoms. The smallest absolute Gasteiger partial charge is 0.330 e. The molecule has 30 heavy (non-hydrogen) atoms. The maximum Gasteiger partial charge on any atom is 0.469 e. The first-order valence-corrected chi connectivity index (χ1v) is 14.2. The van der Waals surface area contributed by atoms with E-state index in [1.807, 2.05) is 0 Å². The minimum absolute atomic E-state index is 0.289. The standard InChI is InChI=1S/C12H27N.C12H27O4P/c1-2-3-4-5-6-7-8-9-10-11-12-13;1-4-5-9-12(16-17(13,14)15)10-7-6-8-11(2)3/h2-13H2,1H3;11-12H,4-10H2,1-3H3,(H2,13,14,15). The highest BCUT2D eigenvalue weighted by Gasteiger charge is 2.21. The van der Waals surface area contributed by atoms with Crippen molar-refractivity contribution >= 4 is 7.82 Å². The lowest BCUT2D eigenvalue weighted by molar-refractivity contribution is 0.116. The van der Waals surface area contributed by atoms with Crippen LogP contribution in [0, 0.1) is 5.92 Å². The highest BCUT2D eigenvalue weighted by Crippen LogP contribution is 2.39. The van der Waals surface area contributed by atoms with E-state index in [4.69, 9.17) is 20.0 Å². The highest BCUT2D eigenvalue weighted by atomic mass is 31.2. The molecule has 0 rings (SSSR count). The van der Waals surface area contributed by atoms with Gasteiger partial charge in [0, 0.05) is 0 Å². The van der Waals surface area contributed by atoms with E-state index in [2.05, 4.69) is 27.7 Å². The van der Waals surface area contributed by atoms with E-state index in [0.29, 0.717) is 5.92 Å². The number of phosphoric acid groups is 1. The highest BCUT2D eigenvalue weighted by molar-refractivity contribution is 7.46. The molecule has 0 aliphatic rings. The van der Waals surface area contributed by atoms with Gasteiger partial charge in [-0.2, -0.15) is 0 Å². The lowest BCUT2D eigenvalue weighted by atomic mass is 10.0. The Morgan fingerprint density at radius 1 is 0.700 bits per heavy atom. The van der Waals surface area contributed by atoms with E-state index < -0.39 is 7.82 Å². The summed E-state index contributed by atoms with van der Waals surface area (Å²) < 4.78 is 15.6. The summed E-state index contributed by atoms with van der Waals surface area (Å²) in [5.41, 5.74) is 5.42. The number of rotatable bonds is 20. The van der Waals surface area contributed by atoms with Gasteiger partial charge in [-0.1, -0.05) is 118 Å². The molecule has 0 bridgehead atoms. The summed E-state index contributed by atoms with van der Waals surface area (Å²) in [6.07, 6.45) is 20.3. The predicted octanol–water partition coefficient (Wildman–Crippen LogP) is 7.74. The predicted molar refractivity (Wildman–Crippen MR) is 131 cm³/mol. The first-order chi connectivity index (χ1) is 14.3. The van der Waals surface area contributed by atoms with Gasteiger partial charge in [-0.25, -0.2) is 4.57 Å². The summed E-state index contributed by atoms with van der Waals surface area (Å²) in [6.45, 7) is 9.57. The fraction of sp³-hybridized carbons (Fsp3) is 1.00. The summed E-state index contributed by atoms with van der Waals surface area (Å²) in [5.74, 6) is 0.687. The van der Waals surface area contributed by atoms with E-state index >= 15 is 0 Å². The van der Waals surface area contributed by atoms with Crippen LogP contribution in [0.15, 0.2) is 0 Å². The topological polar surface area (TPSA) is 92.8 Å². The molecular formula is C24H54NO4P. The number of unbranched alkanes of at least 4 members (excludes halogenated alkanes) is 11. The monoisotopic (exact) mass is 451 g/mol. The van der Waals surface area contributed by atoms with Crippen LogP contribution in [-0.4, -0.2) is 22.4 Å². The van der Waals surface area contributed by atoms with Gasteiger partial charge in [0.25, 0.3) is 0 Å². The molecule has 0 saturated carbocycles. The first-order valence-electron chi connectivity index (χ1n) is 12.7. The van der Waals surface area contributed by atoms with Gasteiger partial charge in [-0.3, -0.25) is 4.52 Å². The van der Waals surface area contributed by atoms with Gasteiger partial charge >= 0.3 is 7.82 Å². The van der Waals surface area contributed by atoms with E-state index in [9.17, 15) is 4.57 Å². The van der Waals surface area contributed by atoms with Crippen molar-refractivity contribution in [2.45, 2.75) is 143 Å². The third kappa shape index (κ3) is 30.3. The van der Waals surface area contributed by atoms with Crippen molar-refractivity contribution in [3.63, 3.8) is 0 Å². The molecule has 0 radical (unpaired) electrons. The van der Waals surface area contributed by atoms with Crippen LogP contribution >= 0.6 is 7.82 Å². The molecule has 0 aliphatic carbocycles. The van der Waals surface area contributed by atoms with Gasteiger partial charge in [0.2, 0.25) is 0 Å². The Balaban J connectivity index is 0. The molecule has 1 unspecified atom stereocenters. The van der Waals surface area contributed by atoms with Crippen LogP contribution in [0.25, 0.3) is 0 Å². The fourth-order valence-electron chi connectivity index (χ4n) is 3.43. The molecule has 0 aromatic heterocycles. The Labute approximate surface area is 188 Å². The molecule has 0 fully saturated rings. The van der Waals surface area contributed by atoms with Crippen LogP contribution in [0.2, 0.25) is 0 Å². The number of hydrogen-bond donors (Lipinski definition) is 3. The van der Waals surface area contributed by atoms with Crippen LogP contribution in [0.5, 0.6) is 0 Å². The van der Waals surface area contributed by atoms with Crippen molar-refractivity contribution in [1.29, 1.82) is 0 Å². The molecule has 0 aromatic carbocycles. The summed E-state index contributed by atoms with van der Waals surface area (Å²) in [4.78, 5) is 17.6. The lowest BCUT2D eigenvalue weighted by Gasteiger charge is -2.18. The van der Waals surface area contributed by atoms with Crippen molar-refractivity contribution in [2.24, 2.45) is 11.7 Å². The molecule has 0 aromatic rings. The Morgan fingerprint density at radius 3 is 1.57 bits per heavy atom. The average molecular weight is 452 g/mol. The number of phosphoric ester groups is 1. The fourth-order valence-corrected chi connectivity index (χ4v) is 4.03. The number of nitrogens with two attached hydrogens (primary N) is 1. The summed E-state index contributed by atoms with van der Waals surface area (Å²) in [7, 11) is -4.33. The maximum absolute atomic E-state index is 10.8. The van der Waals surface area contributed by atoms with Gasteiger partial charge in [0.15, 0.2) is 0 Å². The van der Waals surface area contributed by atoms with Gasteiger partial charge in [0.05, 0.1) is 6.10 Å². The zero-order valence-electron chi connectivity index (χ0n) is 20.6. The van der Waals surface area contributed by atoms with Crippen molar-refractivity contribution in [1.82, 2.24) is 0 Å². The van der Waals surface area contributed by atoms with E-state index in [-0.39, 0.29) is 6.10 Å². The molecule has 0 spiro atoms. The molecule has 4 N–H and O–H groups in total. The molecule has 0 heterocycles. The Kier molecular flexibility index (Phi) is 25.5. The molecule has 0 amide bonds. The van der Waals surface area contributed by atoms with Crippen LogP contribution in [0.1, 0.15) is 137 Å². The average Bonchev–Trinajstić information content (AvgIpc) is 2.67. The lowest BCUT2D eigenvalue weighted by Crippen LogP contribution is -2.11. The third-order valence-corrected chi connectivity index (χ3v) is 5.85. The minimum atomic E-state index is -4.33. The summed E-state index contributed by atoms with van der Waals surface area (Å²) >= 11 is 0. The van der Waals surface area contributed by atoms with Crippen LogP contribution in [0.3, 0.4) is 0 Å². The molecule has 5 nitrogen and oxygen atoms in total. The zero-order valence-corrected chi connectivity index (χ0v) is 21.5. The van der Waals surface area contributed by atoms with Crippen LogP contribution in [-0.2, 0) is 9.09 Å². The second-order valence-corrected chi connectivity index (χ2v) is 10.2. The van der Waals surface area contributed by atoms with Crippen molar-refractivity contribution in [2.75, 3.05) is 6.54 Å². The maximum atomic E-state index is 10.8. The molecule has 1 atom stereocenters. The third-order valence-electron chi connectivity index (χ3n) is 5.28. The van der Waals surface area contributed by atoms with Gasteiger partial charge in [-0.15, -0.1) is 0 Å². The van der Waals surface area contributed by atoms with Gasteiger partial charge in [-0.05, 0) is 31.7 Å². The van der Waals surface area contributed by atoms with Crippen LogP contribution in [0.4, 0.5) is 0 Å². The number of hydrogen-bond acceptors (Lipinski definition) is 3. The Bertz CT molecular complexity index is 364. The summed E-state index contributed by atoms with van der Waals surface area (Å²) in [6, 6.07) is 0. The van der Waals surface area contributed by atoms with Crippen molar-refractivity contribution in [3.05, 3.63) is 0 Å². The molecule has 0 aliphatic heterocycles. The zero-order chi connectivity index (χ0) is 23.1. The first kappa shape index (κ1) is 32.3. The van der Waals surface area contributed by atoms with Crippen molar-refractivity contribution < 1.29 is 18.9 Å². The van der Waals surface area contributed by atoms with Gasteiger partial charge < -0.3 is 15.5 Å². The van der Waals surface area contributed by atoms with E-state index in [1.54, 1.807) is 0 Å². The molecule has 0 saturated heterocycles. The van der Waals surface area contributed by atoms with Crippen LogP contribution < -0.4 is 5.73 Å². The van der Waals surface area contributed by atoms with Crippen molar-refractivity contribution in [3.8, 4) is 0 Å². The normalized spacial score (nSPS) is 12.7. The van der Waals surface area contributed by atoms with E-state index in [0.717, 1.165) is 51.5 Å². The molecule has 184 valence electrons. The minimum Gasteiger partial charge on any atom is -0.330 e. The second kappa shape index (κ2) is 23.7. The molecular weight excluding hydrogens is 397 g/mol. The van der Waals surface area contributed by atoms with E-state index in [1.165, 1.54) is 64.2 Å². The van der Waals surface area contributed by atoms with Gasteiger partial charge in [0.1, 0.15) is 0 Å². The Morgan fingerprint density at radius 2 is 1.13 bits per heavy atom. The largest absolute Gasteiger partial charge is 0.469 e. The SMILES string of the molecule is CCCCC(CCCCC(C)C)OP(=O)(O)O.CCCCCCCCCCCCN. The Hall–Kier alpha value is 0.0700.